The third-order valence-corrected chi connectivity index (χ3v) is 3.24. The fourth-order valence-corrected chi connectivity index (χ4v) is 1.87. The van der Waals surface area contributed by atoms with Gasteiger partial charge in [0, 0.05) is 4.47 Å². The van der Waals surface area contributed by atoms with E-state index in [9.17, 15) is 0 Å². The van der Waals surface area contributed by atoms with Crippen LogP contribution in [0.25, 0.3) is 0 Å². The number of benzene rings is 1. The van der Waals surface area contributed by atoms with E-state index < -0.39 is 0 Å². The fourth-order valence-electron chi connectivity index (χ4n) is 1.48. The predicted molar refractivity (Wildman–Crippen MR) is 68.7 cm³/mol. The van der Waals surface area contributed by atoms with Gasteiger partial charge in [-0.3, -0.25) is 5.32 Å². The van der Waals surface area contributed by atoms with E-state index in [4.69, 9.17) is 6.42 Å². The van der Waals surface area contributed by atoms with Gasteiger partial charge < -0.3 is 0 Å². The van der Waals surface area contributed by atoms with Crippen LogP contribution >= 0.6 is 15.9 Å². The molecule has 0 spiro atoms. The number of hydrogen-bond acceptors (Lipinski definition) is 1. The van der Waals surface area contributed by atoms with Gasteiger partial charge in [0.25, 0.3) is 0 Å². The van der Waals surface area contributed by atoms with E-state index in [-0.39, 0.29) is 6.04 Å². The Kier molecular flexibility index (Phi) is 4.87. The molecule has 1 N–H and O–H groups in total. The van der Waals surface area contributed by atoms with Crippen molar-refractivity contribution in [3.8, 4) is 12.3 Å². The zero-order valence-corrected chi connectivity index (χ0v) is 10.8. The Labute approximate surface area is 100 Å². The lowest BCUT2D eigenvalue weighted by molar-refractivity contribution is 0.624. The van der Waals surface area contributed by atoms with Crippen molar-refractivity contribution in [2.24, 2.45) is 0 Å². The summed E-state index contributed by atoms with van der Waals surface area (Å²) in [6.45, 7) is 5.16. The van der Waals surface area contributed by atoms with Gasteiger partial charge in [-0.15, -0.1) is 6.42 Å². The molecule has 0 heterocycles. The van der Waals surface area contributed by atoms with Crippen molar-refractivity contribution in [2.45, 2.75) is 26.3 Å². The van der Waals surface area contributed by atoms with Gasteiger partial charge in [0.05, 0.1) is 6.04 Å². The predicted octanol–water partition coefficient (Wildman–Crippen LogP) is 3.43. The van der Waals surface area contributed by atoms with E-state index in [1.807, 2.05) is 12.1 Å². The van der Waals surface area contributed by atoms with Gasteiger partial charge in [-0.25, -0.2) is 0 Å². The first-order valence-corrected chi connectivity index (χ1v) is 5.94. The monoisotopic (exact) mass is 265 g/mol. The fraction of sp³-hybridized carbons (Fsp3) is 0.385. The van der Waals surface area contributed by atoms with Gasteiger partial charge in [0.15, 0.2) is 0 Å². The van der Waals surface area contributed by atoms with Crippen LogP contribution in [-0.4, -0.2) is 6.54 Å². The largest absolute Gasteiger partial charge is 0.300 e. The summed E-state index contributed by atoms with van der Waals surface area (Å²) in [4.78, 5) is 0. The average molecular weight is 266 g/mol. The highest BCUT2D eigenvalue weighted by atomic mass is 79.9. The van der Waals surface area contributed by atoms with Crippen LogP contribution in [0.15, 0.2) is 22.7 Å². The molecule has 1 aromatic rings. The molecule has 2 heteroatoms. The SMILES string of the molecule is C#CC(NCCC)c1cccc(Br)c1C. The molecule has 0 saturated carbocycles. The molecule has 0 amide bonds. The van der Waals surface area contributed by atoms with Crippen LogP contribution in [-0.2, 0) is 0 Å². The molecule has 0 saturated heterocycles. The molecule has 80 valence electrons. The Morgan fingerprint density at radius 1 is 1.53 bits per heavy atom. The molecule has 1 aromatic carbocycles. The minimum atomic E-state index is 0.0162. The third-order valence-electron chi connectivity index (χ3n) is 2.39. The van der Waals surface area contributed by atoms with Crippen molar-refractivity contribution in [3.05, 3.63) is 33.8 Å². The van der Waals surface area contributed by atoms with Gasteiger partial charge in [-0.2, -0.15) is 0 Å². The highest BCUT2D eigenvalue weighted by Gasteiger charge is 2.10. The molecule has 0 fully saturated rings. The molecule has 0 bridgehead atoms. The van der Waals surface area contributed by atoms with Gasteiger partial charge in [-0.1, -0.05) is 40.9 Å². The first kappa shape index (κ1) is 12.3. The molecule has 15 heavy (non-hydrogen) atoms. The van der Waals surface area contributed by atoms with Crippen LogP contribution in [0.4, 0.5) is 0 Å². The van der Waals surface area contributed by atoms with E-state index >= 15 is 0 Å². The maximum atomic E-state index is 5.54. The second-order valence-corrected chi connectivity index (χ2v) is 4.36. The van der Waals surface area contributed by atoms with Crippen molar-refractivity contribution < 1.29 is 0 Å². The number of rotatable bonds is 4. The average Bonchev–Trinajstić information content (AvgIpc) is 2.25. The van der Waals surface area contributed by atoms with Gasteiger partial charge in [-0.05, 0) is 37.1 Å². The Morgan fingerprint density at radius 3 is 2.87 bits per heavy atom. The Morgan fingerprint density at radius 2 is 2.27 bits per heavy atom. The molecular weight excluding hydrogens is 250 g/mol. The van der Waals surface area contributed by atoms with Crippen molar-refractivity contribution in [3.63, 3.8) is 0 Å². The summed E-state index contributed by atoms with van der Waals surface area (Å²) in [5, 5.41) is 3.35. The summed E-state index contributed by atoms with van der Waals surface area (Å²) in [6, 6.07) is 6.15. The van der Waals surface area contributed by atoms with E-state index in [1.54, 1.807) is 0 Å². The summed E-state index contributed by atoms with van der Waals surface area (Å²) in [7, 11) is 0. The standard InChI is InChI=1S/C13H16BrN/c1-4-9-15-13(5-2)11-7-6-8-12(14)10(11)3/h2,6-8,13,15H,4,9H2,1,3H3. The van der Waals surface area contributed by atoms with Crippen molar-refractivity contribution >= 4 is 15.9 Å². The van der Waals surface area contributed by atoms with Crippen molar-refractivity contribution in [1.29, 1.82) is 0 Å². The molecule has 0 radical (unpaired) electrons. The van der Waals surface area contributed by atoms with Crippen LogP contribution in [0.1, 0.15) is 30.5 Å². The summed E-state index contributed by atoms with van der Waals surface area (Å²) in [5.41, 5.74) is 2.39. The Hall–Kier alpha value is -0.780. The lowest BCUT2D eigenvalue weighted by Gasteiger charge is -2.16. The molecule has 0 aromatic heterocycles. The van der Waals surface area contributed by atoms with Gasteiger partial charge in [0.2, 0.25) is 0 Å². The second-order valence-electron chi connectivity index (χ2n) is 3.51. The molecule has 1 nitrogen and oxygen atoms in total. The van der Waals surface area contributed by atoms with Crippen LogP contribution in [0, 0.1) is 19.3 Å². The first-order chi connectivity index (χ1) is 7.20. The maximum Gasteiger partial charge on any atom is 0.0946 e. The van der Waals surface area contributed by atoms with Crippen LogP contribution in [0.5, 0.6) is 0 Å². The number of hydrogen-bond donors (Lipinski definition) is 1. The van der Waals surface area contributed by atoms with E-state index in [0.717, 1.165) is 17.4 Å². The van der Waals surface area contributed by atoms with Crippen molar-refractivity contribution in [1.82, 2.24) is 5.32 Å². The van der Waals surface area contributed by atoms with E-state index in [1.165, 1.54) is 11.1 Å². The van der Waals surface area contributed by atoms with E-state index in [0.29, 0.717) is 0 Å². The quantitative estimate of drug-likeness (QED) is 0.823. The Bertz CT molecular complexity index is 365. The van der Waals surface area contributed by atoms with Crippen LogP contribution < -0.4 is 5.32 Å². The highest BCUT2D eigenvalue weighted by Crippen LogP contribution is 2.24. The van der Waals surface area contributed by atoms with Crippen LogP contribution in [0.2, 0.25) is 0 Å². The molecule has 0 aliphatic rings. The van der Waals surface area contributed by atoms with Gasteiger partial charge >= 0.3 is 0 Å². The molecule has 0 aliphatic carbocycles. The lowest BCUT2D eigenvalue weighted by atomic mass is 10.0. The maximum absolute atomic E-state index is 5.54. The zero-order valence-electron chi connectivity index (χ0n) is 9.18. The third kappa shape index (κ3) is 3.09. The molecular formula is C13H16BrN. The van der Waals surface area contributed by atoms with E-state index in [2.05, 4.69) is 47.1 Å². The number of halogens is 1. The first-order valence-electron chi connectivity index (χ1n) is 5.15. The summed E-state index contributed by atoms with van der Waals surface area (Å²) >= 11 is 3.52. The summed E-state index contributed by atoms with van der Waals surface area (Å²) < 4.78 is 1.11. The second kappa shape index (κ2) is 5.95. The highest BCUT2D eigenvalue weighted by molar-refractivity contribution is 9.10. The van der Waals surface area contributed by atoms with Crippen LogP contribution in [0.3, 0.4) is 0 Å². The minimum Gasteiger partial charge on any atom is -0.300 e. The molecule has 1 unspecified atom stereocenters. The summed E-state index contributed by atoms with van der Waals surface area (Å²) in [6.07, 6.45) is 6.63. The smallest absolute Gasteiger partial charge is 0.0946 e. The van der Waals surface area contributed by atoms with Gasteiger partial charge in [0.1, 0.15) is 0 Å². The lowest BCUT2D eigenvalue weighted by Crippen LogP contribution is -2.21. The molecule has 1 atom stereocenters. The molecule has 0 aliphatic heterocycles. The molecule has 1 rings (SSSR count). The minimum absolute atomic E-state index is 0.0162. The number of terminal acetylenes is 1. The Balaban J connectivity index is 2.93. The zero-order chi connectivity index (χ0) is 11.3. The van der Waals surface area contributed by atoms with Crippen molar-refractivity contribution in [2.75, 3.05) is 6.54 Å². The normalized spacial score (nSPS) is 12.1. The summed E-state index contributed by atoms with van der Waals surface area (Å²) in [5.74, 6) is 2.79. The topological polar surface area (TPSA) is 12.0 Å². The number of nitrogens with one attached hydrogen (secondary N) is 1.